The van der Waals surface area contributed by atoms with Crippen molar-refractivity contribution in [2.45, 2.75) is 13.3 Å². The van der Waals surface area contributed by atoms with Crippen LogP contribution in [0.15, 0.2) is 18.6 Å². The van der Waals surface area contributed by atoms with Crippen LogP contribution in [0.1, 0.15) is 13.3 Å². The summed E-state index contributed by atoms with van der Waals surface area (Å²) in [5, 5.41) is 4.41. The van der Waals surface area contributed by atoms with Crippen LogP contribution in [-0.2, 0) is 0 Å². The number of rotatable bonds is 4. The maximum absolute atomic E-state index is 5.82. The Morgan fingerprint density at radius 1 is 1.47 bits per heavy atom. The SMILES string of the molecule is CCCOc1cc(-n2cc(Cl)c(N)n2)ncn1. The highest BCUT2D eigenvalue weighted by Crippen LogP contribution is 2.18. The Kier molecular flexibility index (Phi) is 3.43. The number of aromatic nitrogens is 4. The van der Waals surface area contributed by atoms with Gasteiger partial charge in [-0.1, -0.05) is 18.5 Å². The van der Waals surface area contributed by atoms with Crippen LogP contribution in [0.25, 0.3) is 5.82 Å². The first-order chi connectivity index (χ1) is 8.20. The maximum Gasteiger partial charge on any atom is 0.218 e. The van der Waals surface area contributed by atoms with Crippen molar-refractivity contribution in [2.24, 2.45) is 0 Å². The quantitative estimate of drug-likeness (QED) is 0.897. The second-order valence-electron chi connectivity index (χ2n) is 3.37. The molecule has 2 N–H and O–H groups in total. The minimum Gasteiger partial charge on any atom is -0.478 e. The van der Waals surface area contributed by atoms with E-state index < -0.39 is 0 Å². The zero-order valence-corrected chi connectivity index (χ0v) is 10.1. The molecule has 0 atom stereocenters. The number of hydrogen-bond donors (Lipinski definition) is 1. The Morgan fingerprint density at radius 3 is 2.94 bits per heavy atom. The Morgan fingerprint density at radius 2 is 2.29 bits per heavy atom. The number of hydrogen-bond acceptors (Lipinski definition) is 5. The minimum atomic E-state index is 0.265. The van der Waals surface area contributed by atoms with Crippen LogP contribution < -0.4 is 10.5 Å². The summed E-state index contributed by atoms with van der Waals surface area (Å²) in [4.78, 5) is 8.06. The van der Waals surface area contributed by atoms with Crippen molar-refractivity contribution < 1.29 is 4.74 Å². The molecule has 0 unspecified atom stereocenters. The average molecular weight is 254 g/mol. The van der Waals surface area contributed by atoms with Gasteiger partial charge >= 0.3 is 0 Å². The van der Waals surface area contributed by atoms with Gasteiger partial charge in [-0.15, -0.1) is 5.10 Å². The van der Waals surface area contributed by atoms with Gasteiger partial charge in [-0.3, -0.25) is 0 Å². The van der Waals surface area contributed by atoms with E-state index in [9.17, 15) is 0 Å². The summed E-state index contributed by atoms with van der Waals surface area (Å²) in [6.45, 7) is 2.63. The fraction of sp³-hybridized carbons (Fsp3) is 0.300. The molecule has 0 aromatic carbocycles. The Balaban J connectivity index is 2.26. The van der Waals surface area contributed by atoms with Crippen LogP contribution in [0.2, 0.25) is 5.02 Å². The molecule has 0 spiro atoms. The van der Waals surface area contributed by atoms with E-state index in [4.69, 9.17) is 22.1 Å². The molecule has 2 aromatic heterocycles. The molecule has 2 heterocycles. The molecule has 0 amide bonds. The van der Waals surface area contributed by atoms with Crippen molar-refractivity contribution in [3.63, 3.8) is 0 Å². The van der Waals surface area contributed by atoms with E-state index in [0.29, 0.717) is 23.3 Å². The van der Waals surface area contributed by atoms with Gasteiger partial charge in [-0.25, -0.2) is 14.6 Å². The largest absolute Gasteiger partial charge is 0.478 e. The zero-order valence-electron chi connectivity index (χ0n) is 9.30. The van der Waals surface area contributed by atoms with Gasteiger partial charge in [0.15, 0.2) is 11.6 Å². The third kappa shape index (κ3) is 2.65. The molecule has 90 valence electrons. The summed E-state index contributed by atoms with van der Waals surface area (Å²) in [6.07, 6.45) is 3.91. The van der Waals surface area contributed by atoms with Crippen molar-refractivity contribution in [2.75, 3.05) is 12.3 Å². The molecule has 0 saturated heterocycles. The third-order valence-electron chi connectivity index (χ3n) is 2.01. The minimum absolute atomic E-state index is 0.265. The molecule has 2 aromatic rings. The Hall–Kier alpha value is -1.82. The van der Waals surface area contributed by atoms with Crippen LogP contribution >= 0.6 is 11.6 Å². The highest BCUT2D eigenvalue weighted by Gasteiger charge is 2.07. The smallest absolute Gasteiger partial charge is 0.218 e. The molecule has 0 radical (unpaired) electrons. The number of nitrogens with two attached hydrogens (primary N) is 1. The molecule has 17 heavy (non-hydrogen) atoms. The lowest BCUT2D eigenvalue weighted by Crippen LogP contribution is -2.03. The van der Waals surface area contributed by atoms with Gasteiger partial charge in [0.1, 0.15) is 11.3 Å². The third-order valence-corrected chi connectivity index (χ3v) is 2.30. The lowest BCUT2D eigenvalue weighted by molar-refractivity contribution is 0.304. The Labute approximate surface area is 103 Å². The molecule has 0 aliphatic carbocycles. The Bertz CT molecular complexity index is 494. The zero-order chi connectivity index (χ0) is 12.3. The van der Waals surface area contributed by atoms with E-state index >= 15 is 0 Å². The summed E-state index contributed by atoms with van der Waals surface area (Å²) >= 11 is 5.82. The monoisotopic (exact) mass is 253 g/mol. The molecule has 0 aliphatic rings. The van der Waals surface area contributed by atoms with E-state index in [0.717, 1.165) is 6.42 Å². The van der Waals surface area contributed by atoms with Gasteiger partial charge in [0.2, 0.25) is 5.88 Å². The van der Waals surface area contributed by atoms with Crippen LogP contribution in [-0.4, -0.2) is 26.4 Å². The van der Waals surface area contributed by atoms with E-state index in [1.54, 1.807) is 12.3 Å². The molecule has 0 fully saturated rings. The fourth-order valence-electron chi connectivity index (χ4n) is 1.22. The first-order valence-electron chi connectivity index (χ1n) is 5.16. The summed E-state index contributed by atoms with van der Waals surface area (Å²) in [6, 6.07) is 1.68. The fourth-order valence-corrected chi connectivity index (χ4v) is 1.35. The van der Waals surface area contributed by atoms with Gasteiger partial charge in [-0.2, -0.15) is 0 Å². The van der Waals surface area contributed by atoms with Gasteiger partial charge < -0.3 is 10.5 Å². The first kappa shape index (κ1) is 11.7. The number of ether oxygens (including phenoxy) is 1. The predicted octanol–water partition coefficient (Wildman–Crippen LogP) is 1.69. The maximum atomic E-state index is 5.82. The highest BCUT2D eigenvalue weighted by atomic mass is 35.5. The summed E-state index contributed by atoms with van der Waals surface area (Å²) in [7, 11) is 0. The lowest BCUT2D eigenvalue weighted by atomic mass is 10.5. The second-order valence-corrected chi connectivity index (χ2v) is 3.78. The van der Waals surface area contributed by atoms with Gasteiger partial charge in [0.25, 0.3) is 0 Å². The van der Waals surface area contributed by atoms with Crippen LogP contribution in [0.4, 0.5) is 5.82 Å². The van der Waals surface area contributed by atoms with Crippen LogP contribution in [0, 0.1) is 0 Å². The number of nitrogen functional groups attached to an aromatic ring is 1. The van der Waals surface area contributed by atoms with Crippen molar-refractivity contribution >= 4 is 17.4 Å². The van der Waals surface area contributed by atoms with E-state index in [1.165, 1.54) is 11.0 Å². The van der Waals surface area contributed by atoms with Crippen molar-refractivity contribution in [3.8, 4) is 11.7 Å². The predicted molar refractivity (Wildman–Crippen MR) is 64.4 cm³/mol. The van der Waals surface area contributed by atoms with Crippen molar-refractivity contribution in [3.05, 3.63) is 23.6 Å². The van der Waals surface area contributed by atoms with Crippen LogP contribution in [0.3, 0.4) is 0 Å². The summed E-state index contributed by atoms with van der Waals surface area (Å²) < 4.78 is 6.88. The molecule has 6 nitrogen and oxygen atoms in total. The highest BCUT2D eigenvalue weighted by molar-refractivity contribution is 6.32. The van der Waals surface area contributed by atoms with Crippen molar-refractivity contribution in [1.82, 2.24) is 19.7 Å². The molecule has 0 saturated carbocycles. The second kappa shape index (κ2) is 5.01. The molecular formula is C10H12ClN5O. The topological polar surface area (TPSA) is 78.9 Å². The summed E-state index contributed by atoms with van der Waals surface area (Å²) in [5.41, 5.74) is 5.56. The molecule has 2 rings (SSSR count). The van der Waals surface area contributed by atoms with E-state index in [1.807, 2.05) is 6.92 Å². The van der Waals surface area contributed by atoms with Gasteiger partial charge in [0, 0.05) is 6.07 Å². The molecule has 0 bridgehead atoms. The van der Waals surface area contributed by atoms with E-state index in [2.05, 4.69) is 15.1 Å². The van der Waals surface area contributed by atoms with E-state index in [-0.39, 0.29) is 5.82 Å². The molecule has 0 aliphatic heterocycles. The number of nitrogens with zero attached hydrogens (tertiary/aromatic N) is 4. The van der Waals surface area contributed by atoms with Crippen LogP contribution in [0.5, 0.6) is 5.88 Å². The van der Waals surface area contributed by atoms with Crippen molar-refractivity contribution in [1.29, 1.82) is 0 Å². The average Bonchev–Trinajstić information content (AvgIpc) is 2.68. The number of halogens is 1. The van der Waals surface area contributed by atoms with Gasteiger partial charge in [0.05, 0.1) is 12.8 Å². The standard InChI is InChI=1S/C10H12ClN5O/c1-2-3-17-9-4-8(13-6-14-9)16-5-7(11)10(12)15-16/h4-6H,2-3H2,1H3,(H2,12,15). The number of anilines is 1. The molecule has 7 heteroatoms. The normalized spacial score (nSPS) is 10.5. The lowest BCUT2D eigenvalue weighted by Gasteiger charge is -2.04. The van der Waals surface area contributed by atoms with Gasteiger partial charge in [-0.05, 0) is 6.42 Å². The summed E-state index contributed by atoms with van der Waals surface area (Å²) in [5.74, 6) is 1.33. The molecular weight excluding hydrogens is 242 g/mol. The first-order valence-corrected chi connectivity index (χ1v) is 5.54.